The molecule has 0 atom stereocenters. The van der Waals surface area contributed by atoms with Gasteiger partial charge >= 0.3 is 0 Å². The fourth-order valence-electron chi connectivity index (χ4n) is 2.35. The quantitative estimate of drug-likeness (QED) is 0.572. The molecule has 22 heavy (non-hydrogen) atoms. The first kappa shape index (κ1) is 13.0. The lowest BCUT2D eigenvalue weighted by atomic mass is 10.1. The summed E-state index contributed by atoms with van der Waals surface area (Å²) in [4.78, 5) is 8.93. The van der Waals surface area contributed by atoms with Crippen molar-refractivity contribution in [3.8, 4) is 11.4 Å². The monoisotopic (exact) mass is 303 g/mol. The highest BCUT2D eigenvalue weighted by Gasteiger charge is 2.05. The Morgan fingerprint density at radius 1 is 0.818 bits per heavy atom. The maximum absolute atomic E-state index is 4.60. The number of anilines is 2. The maximum atomic E-state index is 4.60. The Balaban J connectivity index is 1.61. The molecule has 0 amide bonds. The summed E-state index contributed by atoms with van der Waals surface area (Å²) in [6.45, 7) is 0. The van der Waals surface area contributed by atoms with Gasteiger partial charge in [0.05, 0.1) is 5.69 Å². The number of fused-ring (bicyclic) bond motifs is 1. The smallest absolute Gasteiger partial charge is 0.187 e. The summed E-state index contributed by atoms with van der Waals surface area (Å²) in [6.07, 6.45) is 1.78. The zero-order valence-corrected chi connectivity index (χ0v) is 12.5. The Labute approximate surface area is 132 Å². The van der Waals surface area contributed by atoms with Crippen molar-refractivity contribution in [3.05, 3.63) is 72.2 Å². The normalized spacial score (nSPS) is 10.7. The van der Waals surface area contributed by atoms with Gasteiger partial charge in [-0.15, -0.1) is 11.3 Å². The molecule has 3 nitrogen and oxygen atoms in total. The molecule has 2 aromatic carbocycles. The van der Waals surface area contributed by atoms with Crippen LogP contribution in [0.4, 0.5) is 10.8 Å². The lowest BCUT2D eigenvalue weighted by Crippen LogP contribution is -1.90. The molecule has 1 N–H and O–H groups in total. The van der Waals surface area contributed by atoms with E-state index in [9.17, 15) is 0 Å². The number of hydrogen-bond donors (Lipinski definition) is 1. The number of hydrogen-bond acceptors (Lipinski definition) is 4. The Morgan fingerprint density at radius 2 is 1.68 bits per heavy atom. The van der Waals surface area contributed by atoms with E-state index < -0.39 is 0 Å². The van der Waals surface area contributed by atoms with Crippen molar-refractivity contribution in [1.82, 2.24) is 9.97 Å². The van der Waals surface area contributed by atoms with Crippen LogP contribution in [0.5, 0.6) is 0 Å². The summed E-state index contributed by atoms with van der Waals surface area (Å²) in [5.41, 5.74) is 2.83. The summed E-state index contributed by atoms with van der Waals surface area (Å²) in [5, 5.41) is 8.71. The highest BCUT2D eigenvalue weighted by Crippen LogP contribution is 2.27. The van der Waals surface area contributed by atoms with E-state index in [1.54, 1.807) is 17.5 Å². The molecule has 4 heteroatoms. The van der Waals surface area contributed by atoms with Crippen molar-refractivity contribution < 1.29 is 0 Å². The zero-order chi connectivity index (χ0) is 14.8. The van der Waals surface area contributed by atoms with Gasteiger partial charge in [-0.05, 0) is 35.0 Å². The van der Waals surface area contributed by atoms with Crippen molar-refractivity contribution in [2.24, 2.45) is 0 Å². The maximum Gasteiger partial charge on any atom is 0.187 e. The second kappa shape index (κ2) is 5.58. The molecule has 2 aromatic heterocycles. The van der Waals surface area contributed by atoms with E-state index in [0.717, 1.165) is 22.2 Å². The third-order valence-electron chi connectivity index (χ3n) is 3.43. The van der Waals surface area contributed by atoms with Crippen LogP contribution in [0.2, 0.25) is 0 Å². The number of aromatic nitrogens is 2. The molecule has 0 spiro atoms. The number of nitrogens with zero attached hydrogens (tertiary/aromatic N) is 2. The molecule has 4 aromatic rings. The fourth-order valence-corrected chi connectivity index (χ4v) is 3.08. The lowest BCUT2D eigenvalue weighted by Gasteiger charge is -2.04. The summed E-state index contributed by atoms with van der Waals surface area (Å²) >= 11 is 1.58. The highest BCUT2D eigenvalue weighted by molar-refractivity contribution is 7.14. The largest absolute Gasteiger partial charge is 0.332 e. The Morgan fingerprint density at radius 3 is 2.55 bits per heavy atom. The van der Waals surface area contributed by atoms with Crippen LogP contribution in [0, 0.1) is 0 Å². The van der Waals surface area contributed by atoms with E-state index >= 15 is 0 Å². The predicted octanol–water partition coefficient (Wildman–Crippen LogP) is 5.10. The molecule has 0 aliphatic heterocycles. The van der Waals surface area contributed by atoms with Gasteiger partial charge in [-0.25, -0.2) is 4.98 Å². The van der Waals surface area contributed by atoms with Gasteiger partial charge in [-0.3, -0.25) is 4.98 Å². The van der Waals surface area contributed by atoms with Crippen LogP contribution in [0.1, 0.15) is 0 Å². The molecule has 0 unspecified atom stereocenters. The van der Waals surface area contributed by atoms with E-state index in [4.69, 9.17) is 0 Å². The minimum atomic E-state index is 0.871. The van der Waals surface area contributed by atoms with Crippen molar-refractivity contribution in [1.29, 1.82) is 0 Å². The van der Waals surface area contributed by atoms with Crippen LogP contribution >= 0.6 is 11.3 Å². The molecule has 0 fully saturated rings. The molecule has 2 heterocycles. The minimum Gasteiger partial charge on any atom is -0.332 e. The third kappa shape index (κ3) is 2.56. The summed E-state index contributed by atoms with van der Waals surface area (Å²) in [6, 6.07) is 20.5. The number of nitrogens with one attached hydrogen (secondary N) is 1. The first-order chi connectivity index (χ1) is 10.9. The second-order valence-corrected chi connectivity index (χ2v) is 5.80. The number of thiazole rings is 1. The standard InChI is InChI=1S/C18H13N3S/c1-2-6-14-11-15(9-8-13(14)5-1)20-18-21-17(12-22-18)16-7-3-4-10-19-16/h1-12H,(H,20,21). The van der Waals surface area contributed by atoms with Crippen LogP contribution in [0.25, 0.3) is 22.2 Å². The highest BCUT2D eigenvalue weighted by atomic mass is 32.1. The van der Waals surface area contributed by atoms with Gasteiger partial charge in [-0.2, -0.15) is 0 Å². The van der Waals surface area contributed by atoms with Gasteiger partial charge < -0.3 is 5.32 Å². The molecule has 0 aliphatic rings. The van der Waals surface area contributed by atoms with E-state index in [-0.39, 0.29) is 0 Å². The zero-order valence-electron chi connectivity index (χ0n) is 11.7. The molecule has 106 valence electrons. The molecule has 0 saturated heterocycles. The van der Waals surface area contributed by atoms with Crippen LogP contribution in [-0.2, 0) is 0 Å². The number of pyridine rings is 1. The second-order valence-electron chi connectivity index (χ2n) is 4.94. The first-order valence-corrected chi connectivity index (χ1v) is 7.89. The molecule has 0 radical (unpaired) electrons. The SMILES string of the molecule is c1ccc(-c2csc(Nc3ccc4ccccc4c3)n2)nc1. The van der Waals surface area contributed by atoms with Gasteiger partial charge in [0.25, 0.3) is 0 Å². The molecule has 0 aliphatic carbocycles. The van der Waals surface area contributed by atoms with Gasteiger partial charge in [0.2, 0.25) is 0 Å². The summed E-state index contributed by atoms with van der Waals surface area (Å²) in [5.74, 6) is 0. The summed E-state index contributed by atoms with van der Waals surface area (Å²) < 4.78 is 0. The predicted molar refractivity (Wildman–Crippen MR) is 92.6 cm³/mol. The molecule has 0 saturated carbocycles. The molecular formula is C18H13N3S. The molecule has 0 bridgehead atoms. The molecule has 4 rings (SSSR count). The third-order valence-corrected chi connectivity index (χ3v) is 4.19. The Bertz CT molecular complexity index is 916. The van der Waals surface area contributed by atoms with Crippen LogP contribution in [0.3, 0.4) is 0 Å². The van der Waals surface area contributed by atoms with Crippen LogP contribution in [0.15, 0.2) is 72.2 Å². The average molecular weight is 303 g/mol. The van der Waals surface area contributed by atoms with Crippen LogP contribution in [-0.4, -0.2) is 9.97 Å². The van der Waals surface area contributed by atoms with E-state index in [1.807, 2.05) is 23.6 Å². The van der Waals surface area contributed by atoms with Crippen molar-refractivity contribution >= 4 is 32.9 Å². The topological polar surface area (TPSA) is 37.8 Å². The van der Waals surface area contributed by atoms with E-state index in [2.05, 4.69) is 57.7 Å². The van der Waals surface area contributed by atoms with Crippen molar-refractivity contribution in [3.63, 3.8) is 0 Å². The Hall–Kier alpha value is -2.72. The van der Waals surface area contributed by atoms with Crippen molar-refractivity contribution in [2.75, 3.05) is 5.32 Å². The number of benzene rings is 2. The molecular weight excluding hydrogens is 290 g/mol. The van der Waals surface area contributed by atoms with Gasteiger partial charge in [-0.1, -0.05) is 36.4 Å². The number of rotatable bonds is 3. The van der Waals surface area contributed by atoms with Gasteiger partial charge in [0.1, 0.15) is 5.69 Å². The van der Waals surface area contributed by atoms with E-state index in [1.165, 1.54) is 10.8 Å². The average Bonchev–Trinajstić information content (AvgIpc) is 3.04. The van der Waals surface area contributed by atoms with Gasteiger partial charge in [0, 0.05) is 17.3 Å². The minimum absolute atomic E-state index is 0.871. The van der Waals surface area contributed by atoms with E-state index in [0.29, 0.717) is 0 Å². The lowest BCUT2D eigenvalue weighted by molar-refractivity contribution is 1.28. The fraction of sp³-hybridized carbons (Fsp3) is 0. The summed E-state index contributed by atoms with van der Waals surface area (Å²) in [7, 11) is 0. The van der Waals surface area contributed by atoms with Crippen LogP contribution < -0.4 is 5.32 Å². The first-order valence-electron chi connectivity index (χ1n) is 7.01. The van der Waals surface area contributed by atoms with Gasteiger partial charge in [0.15, 0.2) is 5.13 Å². The van der Waals surface area contributed by atoms with Crippen molar-refractivity contribution in [2.45, 2.75) is 0 Å². The Kier molecular flexibility index (Phi) is 3.29.